The zero-order valence-electron chi connectivity index (χ0n) is 16.5. The highest BCUT2D eigenvalue weighted by molar-refractivity contribution is 7.13. The Morgan fingerprint density at radius 1 is 1.24 bits per heavy atom. The molecule has 1 aliphatic heterocycles. The molecule has 150 valence electrons. The molecule has 0 aliphatic carbocycles. The highest BCUT2D eigenvalue weighted by atomic mass is 32.1. The third-order valence-corrected chi connectivity index (χ3v) is 5.24. The first-order valence-electron chi connectivity index (χ1n) is 9.43. The van der Waals surface area contributed by atoms with E-state index in [4.69, 9.17) is 0 Å². The van der Waals surface area contributed by atoms with Gasteiger partial charge in [-0.3, -0.25) is 14.9 Å². The number of benzene rings is 2. The van der Waals surface area contributed by atoms with E-state index in [0.29, 0.717) is 22.8 Å². The third-order valence-electron chi connectivity index (χ3n) is 4.55. The summed E-state index contributed by atoms with van der Waals surface area (Å²) < 4.78 is 0. The van der Waals surface area contributed by atoms with E-state index in [1.165, 1.54) is 16.2 Å². The van der Waals surface area contributed by atoms with Gasteiger partial charge in [-0.25, -0.2) is 4.98 Å². The molecule has 1 atom stereocenters. The molecule has 2 heterocycles. The molecule has 6 nitrogen and oxygen atoms in total. The summed E-state index contributed by atoms with van der Waals surface area (Å²) >= 11 is 1.29. The van der Waals surface area contributed by atoms with Crippen molar-refractivity contribution in [1.82, 2.24) is 9.88 Å². The van der Waals surface area contributed by atoms with E-state index in [9.17, 15) is 14.7 Å². The Morgan fingerprint density at radius 3 is 2.69 bits per heavy atom. The van der Waals surface area contributed by atoms with Crippen LogP contribution in [-0.4, -0.2) is 26.8 Å². The second kappa shape index (κ2) is 8.87. The van der Waals surface area contributed by atoms with Crippen molar-refractivity contribution in [1.29, 1.82) is 0 Å². The van der Waals surface area contributed by atoms with Gasteiger partial charge in [0.15, 0.2) is 5.13 Å². The van der Waals surface area contributed by atoms with Crippen LogP contribution in [0.4, 0.5) is 5.13 Å². The summed E-state index contributed by atoms with van der Waals surface area (Å²) in [6.07, 6.45) is 1.59. The topological polar surface area (TPSA) is 82.5 Å². The van der Waals surface area contributed by atoms with Crippen molar-refractivity contribution in [2.45, 2.75) is 33.4 Å². The summed E-state index contributed by atoms with van der Waals surface area (Å²) in [6, 6.07) is 11.4. The highest BCUT2D eigenvalue weighted by Gasteiger charge is 2.38. The number of rotatable bonds is 4. The smallest absolute Gasteiger partial charge is 0.255 e. The summed E-state index contributed by atoms with van der Waals surface area (Å²) in [6.45, 7) is 6.18. The van der Waals surface area contributed by atoms with Crippen LogP contribution in [0.5, 0.6) is 5.75 Å². The van der Waals surface area contributed by atoms with Crippen molar-refractivity contribution in [2.75, 3.05) is 5.32 Å². The van der Waals surface area contributed by atoms with Crippen molar-refractivity contribution < 1.29 is 14.7 Å². The van der Waals surface area contributed by atoms with E-state index in [2.05, 4.69) is 10.3 Å². The molecule has 0 radical (unpaired) electrons. The van der Waals surface area contributed by atoms with Gasteiger partial charge in [0.1, 0.15) is 11.8 Å². The molecule has 0 saturated heterocycles. The molecule has 29 heavy (non-hydrogen) atoms. The number of carbonyl (C=O) groups excluding carboxylic acids is 2. The highest BCUT2D eigenvalue weighted by Crippen LogP contribution is 2.36. The van der Waals surface area contributed by atoms with E-state index >= 15 is 0 Å². The molecule has 0 saturated carbocycles. The van der Waals surface area contributed by atoms with E-state index in [-0.39, 0.29) is 11.7 Å². The van der Waals surface area contributed by atoms with Crippen LogP contribution >= 0.6 is 11.3 Å². The quantitative estimate of drug-likeness (QED) is 0.664. The number of hydrogen-bond acceptors (Lipinski definition) is 5. The van der Waals surface area contributed by atoms with Crippen molar-refractivity contribution >= 4 is 28.3 Å². The largest absolute Gasteiger partial charge is 0.508 e. The van der Waals surface area contributed by atoms with Gasteiger partial charge in [-0.2, -0.15) is 0 Å². The molecule has 1 aromatic heterocycles. The van der Waals surface area contributed by atoms with Gasteiger partial charge >= 0.3 is 0 Å². The molecule has 1 aliphatic rings. The van der Waals surface area contributed by atoms with Crippen LogP contribution in [-0.2, 0) is 11.3 Å². The van der Waals surface area contributed by atoms with Crippen molar-refractivity contribution in [3.8, 4) is 5.75 Å². The predicted molar refractivity (Wildman–Crippen MR) is 114 cm³/mol. The number of anilines is 1. The Morgan fingerprint density at radius 2 is 2.00 bits per heavy atom. The summed E-state index contributed by atoms with van der Waals surface area (Å²) in [4.78, 5) is 31.6. The van der Waals surface area contributed by atoms with Crippen LogP contribution in [0.25, 0.3) is 0 Å². The standard InChI is InChI=1S/C20H17N3O3S.C2H6/c1-12-6-7-16(24)15(10-12)17(18(25)22-20-21-8-9-27-20)23-11-13-4-2-3-5-14(13)19(23)26;1-2/h2-10,17,24H,11H2,1H3,(H,21,22,25);1-2H3. The molecule has 2 amide bonds. The van der Waals surface area contributed by atoms with Gasteiger partial charge in [0, 0.05) is 29.2 Å². The molecule has 0 bridgehead atoms. The van der Waals surface area contributed by atoms with Gasteiger partial charge in [-0.1, -0.05) is 43.7 Å². The van der Waals surface area contributed by atoms with Gasteiger partial charge in [-0.05, 0) is 30.7 Å². The molecule has 2 aromatic carbocycles. The number of carbonyl (C=O) groups is 2. The first kappa shape index (κ1) is 20.5. The minimum Gasteiger partial charge on any atom is -0.508 e. The Kier molecular flexibility index (Phi) is 6.29. The lowest BCUT2D eigenvalue weighted by Gasteiger charge is -2.27. The number of hydrogen-bond donors (Lipinski definition) is 2. The molecule has 0 fully saturated rings. The van der Waals surface area contributed by atoms with Crippen molar-refractivity contribution in [3.05, 3.63) is 76.3 Å². The van der Waals surface area contributed by atoms with Crippen LogP contribution in [0.1, 0.15) is 46.9 Å². The normalized spacial score (nSPS) is 13.3. The van der Waals surface area contributed by atoms with Gasteiger partial charge in [0.05, 0.1) is 0 Å². The maximum atomic E-state index is 13.1. The monoisotopic (exact) mass is 409 g/mol. The van der Waals surface area contributed by atoms with E-state index in [1.807, 2.05) is 32.9 Å². The van der Waals surface area contributed by atoms with Gasteiger partial charge in [-0.15, -0.1) is 11.3 Å². The molecule has 2 N–H and O–H groups in total. The molecule has 1 unspecified atom stereocenters. The van der Waals surface area contributed by atoms with Crippen LogP contribution in [0.3, 0.4) is 0 Å². The van der Waals surface area contributed by atoms with Crippen LogP contribution in [0, 0.1) is 6.92 Å². The second-order valence-electron chi connectivity index (χ2n) is 6.38. The predicted octanol–water partition coefficient (Wildman–Crippen LogP) is 4.52. The van der Waals surface area contributed by atoms with Crippen LogP contribution in [0.15, 0.2) is 54.0 Å². The summed E-state index contributed by atoms with van der Waals surface area (Å²) in [5.74, 6) is -0.665. The molecule has 0 spiro atoms. The van der Waals surface area contributed by atoms with E-state index in [0.717, 1.165) is 11.1 Å². The lowest BCUT2D eigenvalue weighted by molar-refractivity contribution is -0.120. The average molecular weight is 410 g/mol. The van der Waals surface area contributed by atoms with Crippen molar-refractivity contribution in [2.24, 2.45) is 0 Å². The summed E-state index contributed by atoms with van der Waals surface area (Å²) in [7, 11) is 0. The first-order chi connectivity index (χ1) is 14.0. The van der Waals surface area contributed by atoms with E-state index < -0.39 is 11.9 Å². The SMILES string of the molecule is CC.Cc1ccc(O)c(C(C(=O)Nc2nccs2)N2Cc3ccccc3C2=O)c1. The van der Waals surface area contributed by atoms with Gasteiger partial charge in [0.25, 0.3) is 11.8 Å². The Labute approximate surface area is 173 Å². The third kappa shape index (κ3) is 4.14. The molecule has 4 rings (SSSR count). The average Bonchev–Trinajstić information content (AvgIpc) is 3.35. The lowest BCUT2D eigenvalue weighted by Crippen LogP contribution is -2.37. The Bertz CT molecular complexity index is 1020. The number of nitrogens with zero attached hydrogens (tertiary/aromatic N) is 2. The minimum absolute atomic E-state index is 0.0244. The zero-order valence-corrected chi connectivity index (χ0v) is 17.4. The number of phenols is 1. The maximum absolute atomic E-state index is 13.1. The number of nitrogens with one attached hydrogen (secondary N) is 1. The molecular formula is C22H23N3O3S. The summed E-state index contributed by atoms with van der Waals surface area (Å²) in [5.41, 5.74) is 2.72. The van der Waals surface area contributed by atoms with Gasteiger partial charge in [0.2, 0.25) is 0 Å². The minimum atomic E-state index is -0.964. The molecular weight excluding hydrogens is 386 g/mol. The van der Waals surface area contributed by atoms with Crippen LogP contribution < -0.4 is 5.32 Å². The molecule has 3 aromatic rings. The molecule has 7 heteroatoms. The number of aromatic nitrogens is 1. The number of fused-ring (bicyclic) bond motifs is 1. The zero-order chi connectivity index (χ0) is 21.0. The van der Waals surface area contributed by atoms with Gasteiger partial charge < -0.3 is 10.0 Å². The van der Waals surface area contributed by atoms with E-state index in [1.54, 1.807) is 41.9 Å². The summed E-state index contributed by atoms with van der Waals surface area (Å²) in [5, 5.41) is 15.4. The second-order valence-corrected chi connectivity index (χ2v) is 7.28. The fraction of sp³-hybridized carbons (Fsp3) is 0.227. The Hall–Kier alpha value is -3.19. The fourth-order valence-electron chi connectivity index (χ4n) is 3.29. The number of aryl methyl sites for hydroxylation is 1. The van der Waals surface area contributed by atoms with Crippen molar-refractivity contribution in [3.63, 3.8) is 0 Å². The lowest BCUT2D eigenvalue weighted by atomic mass is 10.0. The first-order valence-corrected chi connectivity index (χ1v) is 10.3. The number of aromatic hydroxyl groups is 1. The Balaban J connectivity index is 0.00000117. The maximum Gasteiger partial charge on any atom is 0.255 e. The van der Waals surface area contributed by atoms with Crippen LogP contribution in [0.2, 0.25) is 0 Å². The number of amides is 2. The fourth-order valence-corrected chi connectivity index (χ4v) is 3.82. The number of phenolic OH excluding ortho intramolecular Hbond substituents is 1. The number of thiazole rings is 1.